The third kappa shape index (κ3) is 45.0. The maximum absolute atomic E-state index is 12.5. The van der Waals surface area contributed by atoms with Gasteiger partial charge in [-0.25, -0.2) is 0 Å². The van der Waals surface area contributed by atoms with Gasteiger partial charge in [-0.15, -0.1) is 0 Å². The molecule has 69 heavy (non-hydrogen) atoms. The van der Waals surface area contributed by atoms with Crippen LogP contribution >= 0.6 is 0 Å². The summed E-state index contributed by atoms with van der Waals surface area (Å²) < 4.78 is 10.6. The summed E-state index contributed by atoms with van der Waals surface area (Å²) in [6.45, 7) is 1.19. The van der Waals surface area contributed by atoms with Crippen LogP contribution in [0.15, 0.2) is 12.2 Å². The van der Waals surface area contributed by atoms with Crippen molar-refractivity contribution in [1.29, 1.82) is 0 Å². The number of esters is 2. The van der Waals surface area contributed by atoms with Gasteiger partial charge in [0.25, 0.3) is 0 Å². The number of rotatable bonds is 54. The zero-order chi connectivity index (χ0) is 49.7. The fourth-order valence-corrected chi connectivity index (χ4v) is 10.4. The predicted molar refractivity (Wildman–Crippen MR) is 297 cm³/mol. The van der Waals surface area contributed by atoms with Crippen LogP contribution in [0.4, 0.5) is 0 Å². The Morgan fingerprint density at radius 3 is 0.899 bits per heavy atom. The first kappa shape index (κ1) is 65.6. The fourth-order valence-electron chi connectivity index (χ4n) is 10.4. The molecule has 0 amide bonds. The molecular weight excluding hydrogens is 853 g/mol. The summed E-state index contributed by atoms with van der Waals surface area (Å²) in [5.74, 6) is -1.43. The standard InChI is InChI=1S/C63H120O6/c1-2-3-4-5-6-7-8-9-10-11-12-13-14-15-16-17-18-19-20-21-22-23-24-25-26-27-28-29-30-31-32-33-34-35-36-37-38-39-40-41-42-43-44-45-46-47-48-49-50-51-52-53-54-60-55-61(66)68-58-63(56-64,57-65)59-69-62(60)67/h47-48,60,64-65H,2-46,49-59H2,1H3/b48-47+. The molecule has 1 unspecified atom stereocenters. The minimum Gasteiger partial charge on any atom is -0.465 e. The summed E-state index contributed by atoms with van der Waals surface area (Å²) in [4.78, 5) is 24.7. The molecule has 2 N–H and O–H groups in total. The van der Waals surface area contributed by atoms with Crippen molar-refractivity contribution >= 4 is 11.9 Å². The monoisotopic (exact) mass is 973 g/mol. The molecule has 0 bridgehead atoms. The number of allylic oxidation sites excluding steroid dienone is 2. The third-order valence-electron chi connectivity index (χ3n) is 15.5. The van der Waals surface area contributed by atoms with Crippen LogP contribution in [0.25, 0.3) is 0 Å². The van der Waals surface area contributed by atoms with E-state index in [-0.39, 0.29) is 19.6 Å². The fraction of sp³-hybridized carbons (Fsp3) is 0.937. The molecule has 0 aromatic heterocycles. The summed E-state index contributed by atoms with van der Waals surface area (Å²) in [5, 5.41) is 19.2. The number of cyclic esters (lactones) is 2. The van der Waals surface area contributed by atoms with Gasteiger partial charge < -0.3 is 19.7 Å². The molecule has 0 aromatic carbocycles. The zero-order valence-corrected chi connectivity index (χ0v) is 46.4. The van der Waals surface area contributed by atoms with Crippen molar-refractivity contribution in [3.8, 4) is 0 Å². The Labute approximate surface area is 430 Å². The number of ether oxygens (including phenoxy) is 2. The van der Waals surface area contributed by atoms with Gasteiger partial charge >= 0.3 is 11.9 Å². The van der Waals surface area contributed by atoms with Crippen molar-refractivity contribution in [2.45, 2.75) is 341 Å². The molecular formula is C63H120O6. The van der Waals surface area contributed by atoms with Gasteiger partial charge in [-0.1, -0.05) is 314 Å². The largest absolute Gasteiger partial charge is 0.465 e. The minimum absolute atomic E-state index is 0.00561. The van der Waals surface area contributed by atoms with E-state index >= 15 is 0 Å². The van der Waals surface area contributed by atoms with Gasteiger partial charge in [0.2, 0.25) is 0 Å². The van der Waals surface area contributed by atoms with Gasteiger partial charge in [-0.3, -0.25) is 9.59 Å². The van der Waals surface area contributed by atoms with Crippen LogP contribution in [0.5, 0.6) is 0 Å². The topological polar surface area (TPSA) is 93.1 Å². The molecule has 1 heterocycles. The Morgan fingerprint density at radius 2 is 0.623 bits per heavy atom. The lowest BCUT2D eigenvalue weighted by molar-refractivity contribution is -0.155. The highest BCUT2D eigenvalue weighted by Gasteiger charge is 2.36. The van der Waals surface area contributed by atoms with Gasteiger partial charge in [-0.2, -0.15) is 0 Å². The van der Waals surface area contributed by atoms with Crippen molar-refractivity contribution in [2.24, 2.45) is 11.3 Å². The van der Waals surface area contributed by atoms with Crippen LogP contribution in [0.2, 0.25) is 0 Å². The van der Waals surface area contributed by atoms with E-state index in [1.165, 1.54) is 289 Å². The highest BCUT2D eigenvalue weighted by atomic mass is 16.6. The van der Waals surface area contributed by atoms with E-state index in [2.05, 4.69) is 19.1 Å². The molecule has 1 saturated heterocycles. The summed E-state index contributed by atoms with van der Waals surface area (Å²) in [6, 6.07) is 0. The van der Waals surface area contributed by atoms with Crippen molar-refractivity contribution in [1.82, 2.24) is 0 Å². The first-order chi connectivity index (χ1) is 34.1. The Morgan fingerprint density at radius 1 is 0.377 bits per heavy atom. The van der Waals surface area contributed by atoms with E-state index in [4.69, 9.17) is 9.47 Å². The van der Waals surface area contributed by atoms with E-state index < -0.39 is 36.5 Å². The second-order valence-electron chi connectivity index (χ2n) is 22.4. The Kier molecular flexibility index (Phi) is 50.3. The Bertz CT molecular complexity index is 1090. The molecule has 408 valence electrons. The molecule has 6 nitrogen and oxygen atoms in total. The lowest BCUT2D eigenvalue weighted by Crippen LogP contribution is -2.40. The van der Waals surface area contributed by atoms with E-state index in [0.29, 0.717) is 6.42 Å². The number of carbonyl (C=O) groups excluding carboxylic acids is 2. The maximum atomic E-state index is 12.5. The molecule has 1 atom stereocenters. The number of aliphatic hydroxyl groups excluding tert-OH is 2. The minimum atomic E-state index is -1.13. The summed E-state index contributed by atoms with van der Waals surface area (Å²) in [6.07, 6.45) is 75.8. The molecule has 0 radical (unpaired) electrons. The average molecular weight is 974 g/mol. The summed E-state index contributed by atoms with van der Waals surface area (Å²) >= 11 is 0. The van der Waals surface area contributed by atoms with E-state index in [0.717, 1.165) is 32.1 Å². The van der Waals surface area contributed by atoms with Crippen molar-refractivity contribution in [2.75, 3.05) is 26.4 Å². The van der Waals surface area contributed by atoms with E-state index in [9.17, 15) is 19.8 Å². The highest BCUT2D eigenvalue weighted by Crippen LogP contribution is 2.25. The zero-order valence-electron chi connectivity index (χ0n) is 46.4. The van der Waals surface area contributed by atoms with Crippen LogP contribution in [-0.4, -0.2) is 48.6 Å². The second kappa shape index (κ2) is 52.9. The van der Waals surface area contributed by atoms with Crippen molar-refractivity contribution < 1.29 is 29.3 Å². The van der Waals surface area contributed by atoms with Gasteiger partial charge in [0, 0.05) is 0 Å². The normalized spacial score (nSPS) is 15.4. The van der Waals surface area contributed by atoms with Crippen LogP contribution < -0.4 is 0 Å². The van der Waals surface area contributed by atoms with Crippen LogP contribution in [0.3, 0.4) is 0 Å². The Hall–Kier alpha value is -1.40. The van der Waals surface area contributed by atoms with Crippen LogP contribution in [0, 0.1) is 11.3 Å². The molecule has 1 fully saturated rings. The van der Waals surface area contributed by atoms with Crippen molar-refractivity contribution in [3.05, 3.63) is 12.2 Å². The number of carbonyl (C=O) groups is 2. The molecule has 1 aliphatic heterocycles. The second-order valence-corrected chi connectivity index (χ2v) is 22.4. The number of hydrogen-bond acceptors (Lipinski definition) is 6. The highest BCUT2D eigenvalue weighted by molar-refractivity contribution is 5.80. The van der Waals surface area contributed by atoms with E-state index in [1.54, 1.807) is 0 Å². The lowest BCUT2D eigenvalue weighted by Gasteiger charge is -2.27. The number of aliphatic hydroxyl groups is 2. The smallest absolute Gasteiger partial charge is 0.309 e. The molecule has 0 aromatic rings. The van der Waals surface area contributed by atoms with Gasteiger partial charge in [-0.05, 0) is 32.1 Å². The number of unbranched alkanes of at least 4 members (excludes halogenated alkanes) is 48. The van der Waals surface area contributed by atoms with E-state index in [1.807, 2.05) is 0 Å². The predicted octanol–water partition coefficient (Wildman–Crippen LogP) is 19.5. The lowest BCUT2D eigenvalue weighted by atomic mass is 9.92. The molecule has 6 heteroatoms. The molecule has 0 spiro atoms. The first-order valence-corrected chi connectivity index (χ1v) is 31.3. The van der Waals surface area contributed by atoms with Gasteiger partial charge in [0.15, 0.2) is 0 Å². The molecule has 0 saturated carbocycles. The quantitative estimate of drug-likeness (QED) is 0.0358. The van der Waals surface area contributed by atoms with Gasteiger partial charge in [0.05, 0.1) is 31.0 Å². The number of hydrogen-bond donors (Lipinski definition) is 2. The maximum Gasteiger partial charge on any atom is 0.309 e. The molecule has 0 aliphatic carbocycles. The van der Waals surface area contributed by atoms with Crippen LogP contribution in [0.1, 0.15) is 341 Å². The van der Waals surface area contributed by atoms with Crippen molar-refractivity contribution in [3.63, 3.8) is 0 Å². The van der Waals surface area contributed by atoms with Gasteiger partial charge in [0.1, 0.15) is 13.2 Å². The third-order valence-corrected chi connectivity index (χ3v) is 15.5. The summed E-state index contributed by atoms with van der Waals surface area (Å²) in [5.41, 5.74) is -1.13. The van der Waals surface area contributed by atoms with Crippen LogP contribution in [-0.2, 0) is 19.1 Å². The SMILES string of the molecule is CCCCCCCCCCCCCCCCCCCCCCCCCCCCCCCCCCCCCCCCCCCCCC/C=C/CCCCCCC1CC(=O)OCC(CO)(CO)COC1=O. The Balaban J connectivity index is 1.69. The molecule has 1 aliphatic rings. The summed E-state index contributed by atoms with van der Waals surface area (Å²) in [7, 11) is 0. The average Bonchev–Trinajstić information content (AvgIpc) is 3.41. The first-order valence-electron chi connectivity index (χ1n) is 31.3. The molecule has 1 rings (SSSR count).